The first-order chi connectivity index (χ1) is 15.0. The van der Waals surface area contributed by atoms with Crippen molar-refractivity contribution in [2.24, 2.45) is 4.99 Å². The first-order valence-corrected chi connectivity index (χ1v) is 12.8. The lowest BCUT2D eigenvalue weighted by molar-refractivity contribution is 0.0954. The fourth-order valence-electron chi connectivity index (χ4n) is 4.00. The van der Waals surface area contributed by atoms with E-state index < -0.39 is 9.84 Å². The minimum absolute atomic E-state index is 0.00898. The van der Waals surface area contributed by atoms with Gasteiger partial charge in [-0.15, -0.1) is 0 Å². The van der Waals surface area contributed by atoms with Crippen LogP contribution in [0.15, 0.2) is 59.7 Å². The fourth-order valence-corrected chi connectivity index (χ4v) is 7.67. The number of carbonyl (C=O) groups is 1. The van der Waals surface area contributed by atoms with Crippen LogP contribution in [-0.2, 0) is 16.3 Å². The first-order valence-electron chi connectivity index (χ1n) is 10.1. The molecule has 1 fully saturated rings. The van der Waals surface area contributed by atoms with Gasteiger partial charge < -0.3 is 15.6 Å². The first kappa shape index (κ1) is 20.1. The van der Waals surface area contributed by atoms with E-state index in [1.807, 2.05) is 36.5 Å². The van der Waals surface area contributed by atoms with Crippen molar-refractivity contribution in [3.63, 3.8) is 0 Å². The van der Waals surface area contributed by atoms with E-state index in [9.17, 15) is 13.2 Å². The van der Waals surface area contributed by atoms with E-state index >= 15 is 0 Å². The minimum atomic E-state index is -2.95. The van der Waals surface area contributed by atoms with Crippen molar-refractivity contribution in [1.29, 1.82) is 0 Å². The lowest BCUT2D eigenvalue weighted by atomic mass is 10.1. The highest BCUT2D eigenvalue weighted by Gasteiger charge is 2.42. The lowest BCUT2D eigenvalue weighted by Crippen LogP contribution is -2.25. The number of sulfone groups is 1. The Morgan fingerprint density at radius 3 is 2.74 bits per heavy atom. The third-order valence-electron chi connectivity index (χ3n) is 5.57. The summed E-state index contributed by atoms with van der Waals surface area (Å²) >= 11 is 1.48. The van der Waals surface area contributed by atoms with Crippen LogP contribution in [0.25, 0.3) is 10.9 Å². The second-order valence-corrected chi connectivity index (χ2v) is 11.2. The molecule has 31 heavy (non-hydrogen) atoms. The van der Waals surface area contributed by atoms with E-state index in [0.29, 0.717) is 12.1 Å². The van der Waals surface area contributed by atoms with Gasteiger partial charge in [0.1, 0.15) is 0 Å². The molecule has 3 heterocycles. The lowest BCUT2D eigenvalue weighted by Gasteiger charge is -2.08. The van der Waals surface area contributed by atoms with E-state index in [-0.39, 0.29) is 28.7 Å². The maximum absolute atomic E-state index is 12.5. The molecule has 0 radical (unpaired) electrons. The van der Waals surface area contributed by atoms with Crippen LogP contribution >= 0.6 is 11.8 Å². The van der Waals surface area contributed by atoms with Crippen LogP contribution in [0.5, 0.6) is 0 Å². The van der Waals surface area contributed by atoms with Gasteiger partial charge in [0.05, 0.1) is 17.5 Å². The summed E-state index contributed by atoms with van der Waals surface area (Å²) in [5.74, 6) is 0.209. The molecule has 1 amide bonds. The number of aromatic nitrogens is 1. The average molecular weight is 455 g/mol. The Hall–Kier alpha value is -2.78. The quantitative estimate of drug-likeness (QED) is 0.550. The number of nitrogens with one attached hydrogen (secondary N) is 3. The predicted molar refractivity (Wildman–Crippen MR) is 126 cm³/mol. The van der Waals surface area contributed by atoms with Crippen molar-refractivity contribution in [3.8, 4) is 0 Å². The fraction of sp³-hybridized carbons (Fsp3) is 0.273. The third-order valence-corrected chi connectivity index (χ3v) is 8.71. The number of H-pyrrole nitrogens is 1. The summed E-state index contributed by atoms with van der Waals surface area (Å²) < 4.78 is 23.3. The highest BCUT2D eigenvalue weighted by molar-refractivity contribution is 8.15. The van der Waals surface area contributed by atoms with E-state index in [2.05, 4.69) is 26.7 Å². The number of nitrogens with zero attached hydrogens (tertiary/aromatic N) is 1. The zero-order valence-corrected chi connectivity index (χ0v) is 18.3. The number of thioether (sulfide) groups is 1. The molecule has 9 heteroatoms. The second-order valence-electron chi connectivity index (χ2n) is 7.80. The van der Waals surface area contributed by atoms with Crippen LogP contribution in [0.4, 0.5) is 5.69 Å². The molecule has 0 aliphatic carbocycles. The molecule has 2 atom stereocenters. The standard InChI is InChI=1S/C22H22N4O3S2/c27-21(23-10-9-15-11-24-18-4-2-1-3-17(15)18)14-5-7-16(8-6-14)25-22-26-19-12-31(28,29)13-20(19)30-22/h1-8,11,19-20,24H,9-10,12-13H2,(H,23,27)(H,25,26). The Morgan fingerprint density at radius 2 is 1.94 bits per heavy atom. The van der Waals surface area contributed by atoms with E-state index in [1.165, 1.54) is 22.7 Å². The summed E-state index contributed by atoms with van der Waals surface area (Å²) in [5, 5.41) is 8.12. The predicted octanol–water partition coefficient (Wildman–Crippen LogP) is 2.82. The topological polar surface area (TPSA) is 103 Å². The highest BCUT2D eigenvalue weighted by atomic mass is 32.2. The van der Waals surface area contributed by atoms with Gasteiger partial charge >= 0.3 is 0 Å². The SMILES string of the molecule is O=C(NCCc1c[nH]c2ccccc12)c1ccc(NC2=NC3CS(=O)(=O)CC3S2)cc1. The molecule has 0 bridgehead atoms. The Bertz CT molecular complexity index is 1270. The van der Waals surface area contributed by atoms with Gasteiger partial charge in [0.2, 0.25) is 0 Å². The number of benzene rings is 2. The second kappa shape index (κ2) is 8.05. The number of hydrogen-bond acceptors (Lipinski definition) is 6. The summed E-state index contributed by atoms with van der Waals surface area (Å²) in [6.07, 6.45) is 2.75. The van der Waals surface area contributed by atoms with E-state index in [0.717, 1.165) is 22.8 Å². The van der Waals surface area contributed by atoms with Crippen molar-refractivity contribution in [2.45, 2.75) is 17.7 Å². The minimum Gasteiger partial charge on any atom is -0.361 e. The summed E-state index contributed by atoms with van der Waals surface area (Å²) in [7, 11) is -2.95. The Morgan fingerprint density at radius 1 is 1.13 bits per heavy atom. The maximum Gasteiger partial charge on any atom is 0.251 e. The van der Waals surface area contributed by atoms with Crippen LogP contribution in [0, 0.1) is 0 Å². The molecule has 3 N–H and O–H groups in total. The normalized spacial score (nSPS) is 21.6. The molecule has 2 unspecified atom stereocenters. The number of aliphatic imine (C=N–C) groups is 1. The monoisotopic (exact) mass is 454 g/mol. The molecule has 2 aromatic carbocycles. The Kier molecular flexibility index (Phi) is 5.23. The van der Waals surface area contributed by atoms with Crippen molar-refractivity contribution >= 4 is 49.3 Å². The van der Waals surface area contributed by atoms with Crippen LogP contribution in [0.1, 0.15) is 15.9 Å². The van der Waals surface area contributed by atoms with E-state index in [1.54, 1.807) is 12.1 Å². The molecule has 160 valence electrons. The number of amidine groups is 1. The number of amides is 1. The van der Waals surface area contributed by atoms with E-state index in [4.69, 9.17) is 0 Å². The molecular formula is C22H22N4O3S2. The number of para-hydroxylation sites is 1. The van der Waals surface area contributed by atoms with Crippen molar-refractivity contribution in [2.75, 3.05) is 23.4 Å². The Labute approximate surface area is 184 Å². The molecule has 1 aromatic heterocycles. The van der Waals surface area contributed by atoms with Crippen molar-refractivity contribution < 1.29 is 13.2 Å². The van der Waals surface area contributed by atoms with Crippen LogP contribution in [-0.4, -0.2) is 53.8 Å². The average Bonchev–Trinajstić information content (AvgIpc) is 3.39. The molecule has 7 nitrogen and oxygen atoms in total. The number of rotatable bonds is 5. The van der Waals surface area contributed by atoms with Gasteiger partial charge in [-0.25, -0.2) is 8.42 Å². The maximum atomic E-state index is 12.5. The smallest absolute Gasteiger partial charge is 0.251 e. The van der Waals surface area contributed by atoms with Crippen molar-refractivity contribution in [1.82, 2.24) is 10.3 Å². The summed E-state index contributed by atoms with van der Waals surface area (Å²) in [6, 6.07) is 15.2. The number of carbonyl (C=O) groups excluding carboxylic acids is 1. The summed E-state index contributed by atoms with van der Waals surface area (Å²) in [5.41, 5.74) is 3.70. The molecule has 5 rings (SSSR count). The van der Waals surface area contributed by atoms with Gasteiger partial charge in [0, 0.05) is 40.1 Å². The highest BCUT2D eigenvalue weighted by Crippen LogP contribution is 2.34. The van der Waals surface area contributed by atoms with Crippen LogP contribution in [0.2, 0.25) is 0 Å². The molecule has 3 aromatic rings. The molecule has 2 aliphatic rings. The molecule has 1 saturated heterocycles. The largest absolute Gasteiger partial charge is 0.361 e. The molecule has 0 spiro atoms. The van der Waals surface area contributed by atoms with Gasteiger partial charge in [-0.3, -0.25) is 9.79 Å². The number of aromatic amines is 1. The van der Waals surface area contributed by atoms with Crippen LogP contribution < -0.4 is 10.6 Å². The van der Waals surface area contributed by atoms with Crippen molar-refractivity contribution in [3.05, 3.63) is 65.9 Å². The van der Waals surface area contributed by atoms with Gasteiger partial charge in [-0.2, -0.15) is 0 Å². The zero-order valence-electron chi connectivity index (χ0n) is 16.7. The van der Waals surface area contributed by atoms with Crippen LogP contribution in [0.3, 0.4) is 0 Å². The van der Waals surface area contributed by atoms with Gasteiger partial charge in [0.25, 0.3) is 5.91 Å². The summed E-state index contributed by atoms with van der Waals surface area (Å²) in [4.78, 5) is 20.2. The summed E-state index contributed by atoms with van der Waals surface area (Å²) in [6.45, 7) is 0.555. The van der Waals surface area contributed by atoms with Gasteiger partial charge in [-0.05, 0) is 42.3 Å². The molecular weight excluding hydrogens is 432 g/mol. The Balaban J connectivity index is 1.14. The van der Waals surface area contributed by atoms with Gasteiger partial charge in [-0.1, -0.05) is 30.0 Å². The number of anilines is 1. The third kappa shape index (κ3) is 4.33. The molecule has 0 saturated carbocycles. The zero-order chi connectivity index (χ0) is 21.4. The molecule has 2 aliphatic heterocycles. The number of fused-ring (bicyclic) bond motifs is 2. The van der Waals surface area contributed by atoms with Gasteiger partial charge in [0.15, 0.2) is 15.0 Å². The number of hydrogen-bond donors (Lipinski definition) is 3.